The Labute approximate surface area is 907 Å². The number of fused-ring (bicyclic) bond motifs is 5. The summed E-state index contributed by atoms with van der Waals surface area (Å²) in [6, 6.07) is 52.4. The van der Waals surface area contributed by atoms with E-state index in [0.717, 1.165) is 253 Å². The van der Waals surface area contributed by atoms with E-state index in [9.17, 15) is 19.5 Å². The molecule has 10 heterocycles. The van der Waals surface area contributed by atoms with Crippen LogP contribution in [-0.2, 0) is 33.6 Å². The van der Waals surface area contributed by atoms with Gasteiger partial charge in [0.15, 0.2) is 0 Å². The number of halogens is 2. The van der Waals surface area contributed by atoms with Crippen molar-refractivity contribution in [1.82, 2.24) is 84.7 Å². The van der Waals surface area contributed by atoms with Gasteiger partial charge in [0.05, 0.1) is 111 Å². The van der Waals surface area contributed by atoms with Crippen molar-refractivity contribution >= 4 is 96.5 Å². The van der Waals surface area contributed by atoms with Crippen LogP contribution in [0.25, 0.3) is 105 Å². The molecule has 0 fully saturated rings. The van der Waals surface area contributed by atoms with Gasteiger partial charge in [0.1, 0.15) is 57.4 Å². The molecule has 34 heteroatoms. The number of nitrogens with zero attached hydrogens (tertiary/aromatic N) is 15. The largest absolute Gasteiger partial charge is 1.00 e. The number of methoxy groups -OCH3 is 3. The molecular weight excluding hydrogens is 1910 g/mol. The third-order valence-corrected chi connectivity index (χ3v) is 25.8. The van der Waals surface area contributed by atoms with Gasteiger partial charge in [-0.2, -0.15) is 40.8 Å². The maximum absolute atomic E-state index is 11.6. The molecule has 0 aliphatic heterocycles. The number of nitrogens with one attached hydrogen (secondary N) is 2. The summed E-state index contributed by atoms with van der Waals surface area (Å²) in [7, 11) is 5.03. The molecule has 0 aliphatic rings. The fourth-order valence-corrected chi connectivity index (χ4v) is 19.4. The van der Waals surface area contributed by atoms with E-state index in [-0.39, 0.29) is 101 Å². The van der Waals surface area contributed by atoms with Crippen LogP contribution >= 0.6 is 24.8 Å². The quantitative estimate of drug-likeness (QED) is 0.0136. The Balaban J connectivity index is 0.000000186. The normalized spacial score (nSPS) is 10.8. The van der Waals surface area contributed by atoms with E-state index in [2.05, 4.69) is 197 Å². The average molecular weight is 2050 g/mol. The van der Waals surface area contributed by atoms with E-state index < -0.39 is 5.97 Å². The number of amides is 2. The number of ether oxygens (including phenoxy) is 8. The number of aromatic nitrogens is 15. The first-order valence-corrected chi connectivity index (χ1v) is 48.3. The van der Waals surface area contributed by atoms with Crippen molar-refractivity contribution in [3.05, 3.63) is 266 Å². The molecule has 0 radical (unpaired) electrons. The van der Waals surface area contributed by atoms with E-state index in [4.69, 9.17) is 49.6 Å². The zero-order valence-electron chi connectivity index (χ0n) is 88.3. The zero-order valence-corrected chi connectivity index (χ0v) is 93.0. The number of rotatable bonds is 31. The fraction of sp³-hybridized carbons (Fsp3) is 0.330. The SMILES string of the molecule is CCOc1ccc(-n2c(C)c3c(C)nnc(-c4ccc(C)cc4)c3c2C)c(OC)c1.CCOc1ccc(-n2c(C)c3c(C)nnc(-c4ccc(OC)cc4)c3c2C)c(OC)c1.CCOc1ccc(-n2c(C)c3c(C)nnc(CCC(=O)NN)c3c2C)cc1.CCOc1ccc(-n2c(C)c3c(C)nnc(CCCC(=O)NN)c3c2C)cc1.CCOc1ccc(-n2c(C)c3c(C)nnc(CCCC(=O)[O-])c3c2C)cc1.Cl.Cl.[K+]. The molecule has 0 unspecified atom stereocenters. The van der Waals surface area contributed by atoms with E-state index in [1.165, 1.54) is 5.56 Å². The Hall–Kier alpha value is -13.4. The molecule has 0 saturated carbocycles. The minimum Gasteiger partial charge on any atom is -0.550 e. The van der Waals surface area contributed by atoms with Crippen LogP contribution in [0, 0.1) is 111 Å². The second-order valence-electron chi connectivity index (χ2n) is 34.9. The topological polar surface area (TPSA) is 378 Å². The summed E-state index contributed by atoms with van der Waals surface area (Å²) < 4.78 is 55.7. The standard InChI is InChI=1S/C25H27N3O3.C25H27N3O2.C21H27N5O2.C21H25N3O3.C20H25N5O2.2ClH.K/c1-7-31-20-12-13-21(22(14-20)30-6)28-16(3)23-15(2)26-27-25(24(23)17(28)4)18-8-10-19(29-5)11-9-18;1-7-30-20-12-13-21(22(14-20)29-6)28-17(4)23-16(3)26-27-25(24(23)18(28)5)19-10-8-15(2)9-11-19;1-5-28-17-11-9-16(10-12-17)26-14(3)20-13(2)24-25-18(21(20)15(26)4)7-6-8-19(27)23-22;1-5-27-17-11-9-16(10-12-17)24-14(3)20-13(2)22-23-18(21(20)15(24)4)7-6-8-19(25)26;1-5-27-16-8-6-15(7-9-16)25-13(3)19-12(2)23-24-17(20(19)14(25)4)10-11-18(26)22-21;;;/h8-14H,7H2,1-6H3;8-14H,7H2,1-6H3;9-12H,5-8,22H2,1-4H3,(H,23,27);9-12H,5-8H2,1-4H3,(H,25,26);6-9H,5,10-11,21H2,1-4H3,(H,22,26);2*1H;/q;;;;;;;+1/p-1. The van der Waals surface area contributed by atoms with Gasteiger partial charge in [-0.25, -0.2) is 11.7 Å². The molecule has 7 aromatic carbocycles. The number of hydrazine groups is 2. The van der Waals surface area contributed by atoms with Crippen molar-refractivity contribution in [1.29, 1.82) is 0 Å². The van der Waals surface area contributed by atoms with Crippen molar-refractivity contribution in [2.45, 2.75) is 197 Å². The molecule has 31 nitrogen and oxygen atoms in total. The van der Waals surface area contributed by atoms with Crippen LogP contribution in [-0.4, -0.2) is 146 Å². The maximum atomic E-state index is 11.6. The molecule has 17 aromatic rings. The van der Waals surface area contributed by atoms with E-state index in [1.54, 1.807) is 21.3 Å². The summed E-state index contributed by atoms with van der Waals surface area (Å²) in [5, 5.41) is 65.9. The van der Waals surface area contributed by atoms with Crippen LogP contribution in [0.15, 0.2) is 158 Å². The number of hydrogen-bond donors (Lipinski definition) is 4. The van der Waals surface area contributed by atoms with E-state index >= 15 is 0 Å². The summed E-state index contributed by atoms with van der Waals surface area (Å²) in [4.78, 5) is 33.7. The number of carbonyl (C=O) groups excluding carboxylic acids is 3. The molecule has 6 N–H and O–H groups in total. The van der Waals surface area contributed by atoms with Crippen LogP contribution < -0.4 is 117 Å². The zero-order chi connectivity index (χ0) is 103. The smallest absolute Gasteiger partial charge is 0.550 e. The number of aliphatic carboxylic acids is 1. The van der Waals surface area contributed by atoms with Gasteiger partial charge in [-0.05, 0) is 299 Å². The molecule has 0 atom stereocenters. The fourth-order valence-electron chi connectivity index (χ4n) is 19.4. The number of aryl methyl sites for hydroxylation is 19. The van der Waals surface area contributed by atoms with Crippen LogP contribution in [0.1, 0.15) is 175 Å². The van der Waals surface area contributed by atoms with Gasteiger partial charge in [0.2, 0.25) is 11.8 Å². The molecule has 2 amide bonds. The molecule has 0 spiro atoms. The summed E-state index contributed by atoms with van der Waals surface area (Å²) in [5.74, 6) is 15.4. The van der Waals surface area contributed by atoms with Crippen molar-refractivity contribution in [3.63, 3.8) is 0 Å². The third-order valence-electron chi connectivity index (χ3n) is 25.8. The number of carboxylic acid groups (broad SMARTS) is 1. The number of benzene rings is 7. The van der Waals surface area contributed by atoms with Crippen LogP contribution in [0.4, 0.5) is 0 Å². The summed E-state index contributed by atoms with van der Waals surface area (Å²) in [6.45, 7) is 46.0. The molecule has 0 saturated heterocycles. The Kier molecular flexibility index (Phi) is 40.8. The van der Waals surface area contributed by atoms with Gasteiger partial charge in [-0.15, -0.1) is 35.0 Å². The van der Waals surface area contributed by atoms with Crippen LogP contribution in [0.5, 0.6) is 46.0 Å². The van der Waals surface area contributed by atoms with Gasteiger partial charge in [0.25, 0.3) is 0 Å². The van der Waals surface area contributed by atoms with Crippen molar-refractivity contribution in [2.24, 2.45) is 11.7 Å². The second kappa shape index (κ2) is 52.1. The molecule has 0 aliphatic carbocycles. The van der Waals surface area contributed by atoms with Gasteiger partial charge in [0, 0.05) is 176 Å². The van der Waals surface area contributed by atoms with Gasteiger partial charge in [-0.3, -0.25) is 20.4 Å². The Morgan fingerprint density at radius 1 is 0.301 bits per heavy atom. The van der Waals surface area contributed by atoms with Crippen molar-refractivity contribution < 1.29 is 109 Å². The van der Waals surface area contributed by atoms with Gasteiger partial charge >= 0.3 is 51.4 Å². The summed E-state index contributed by atoms with van der Waals surface area (Å²) in [6.07, 6.45) is 3.54. The first-order valence-electron chi connectivity index (χ1n) is 48.3. The first-order chi connectivity index (χ1) is 68.8. The monoisotopic (exact) mass is 2040 g/mol. The number of carboxylic acids is 1. The number of hydrogen-bond acceptors (Lipinski definition) is 24. The Morgan fingerprint density at radius 3 is 0.884 bits per heavy atom. The third kappa shape index (κ3) is 24.8. The first kappa shape index (κ1) is 115. The number of carbonyl (C=O) groups is 3. The van der Waals surface area contributed by atoms with Gasteiger partial charge in [-0.1, -0.05) is 29.8 Å². The predicted octanol–water partition coefficient (Wildman–Crippen LogP) is 17.5. The second-order valence-corrected chi connectivity index (χ2v) is 34.9. The predicted molar refractivity (Wildman–Crippen MR) is 575 cm³/mol. The molecule has 0 bridgehead atoms. The van der Waals surface area contributed by atoms with Crippen LogP contribution in [0.3, 0.4) is 0 Å². The molecular formula is C112H132Cl2KN19O12. The Morgan fingerprint density at radius 2 is 0.568 bits per heavy atom. The minimum absolute atomic E-state index is 0. The maximum Gasteiger partial charge on any atom is 1.00 e. The molecule has 17 rings (SSSR count). The van der Waals surface area contributed by atoms with E-state index in [1.807, 2.05) is 191 Å². The molecule has 10 aromatic heterocycles. The number of nitrogens with two attached hydrogens (primary N) is 2. The van der Waals surface area contributed by atoms with Crippen LogP contribution in [0.2, 0.25) is 0 Å². The average Bonchev–Trinajstić information content (AvgIpc) is 1.57. The Bertz CT molecular complexity index is 7470. The van der Waals surface area contributed by atoms with Crippen molar-refractivity contribution in [2.75, 3.05) is 54.4 Å². The summed E-state index contributed by atoms with van der Waals surface area (Å²) in [5.41, 5.74) is 32.5. The summed E-state index contributed by atoms with van der Waals surface area (Å²) >= 11 is 0. The van der Waals surface area contributed by atoms with Gasteiger partial charge < -0.3 is 70.6 Å². The molecule has 146 heavy (non-hydrogen) atoms. The minimum atomic E-state index is -1.04. The molecule has 762 valence electrons. The van der Waals surface area contributed by atoms with E-state index in [0.29, 0.717) is 71.6 Å². The van der Waals surface area contributed by atoms with Crippen molar-refractivity contribution in [3.8, 4) is 96.9 Å².